The Labute approximate surface area is 167 Å². The first-order valence-corrected chi connectivity index (χ1v) is 9.44. The van der Waals surface area contributed by atoms with Crippen LogP contribution in [0.4, 0.5) is 11.4 Å². The average molecular weight is 391 g/mol. The van der Waals surface area contributed by atoms with Gasteiger partial charge in [-0.2, -0.15) is 0 Å². The van der Waals surface area contributed by atoms with Gasteiger partial charge in [0.05, 0.1) is 24.1 Å². The summed E-state index contributed by atoms with van der Waals surface area (Å²) in [5.74, 6) is -0.585. The zero-order valence-electron chi connectivity index (χ0n) is 15.7. The van der Waals surface area contributed by atoms with Gasteiger partial charge < -0.3 is 16.0 Å². The third kappa shape index (κ3) is 4.64. The van der Waals surface area contributed by atoms with Crippen LogP contribution in [0.3, 0.4) is 0 Å². The largest absolute Gasteiger partial charge is 0.321 e. The molecule has 0 atom stereocenters. The fraction of sp³-hybridized carbons (Fsp3) is 0.250. The highest BCUT2D eigenvalue weighted by atomic mass is 16.2. The van der Waals surface area contributed by atoms with E-state index in [4.69, 9.17) is 0 Å². The Morgan fingerprint density at radius 1 is 1.00 bits per heavy atom. The van der Waals surface area contributed by atoms with Crippen LogP contribution >= 0.6 is 0 Å². The van der Waals surface area contributed by atoms with Crippen molar-refractivity contribution in [1.29, 1.82) is 0 Å². The zero-order chi connectivity index (χ0) is 20.1. The van der Waals surface area contributed by atoms with Gasteiger partial charge in [-0.05, 0) is 62.3 Å². The molecular formula is C20H21N7O2. The molecule has 1 fully saturated rings. The van der Waals surface area contributed by atoms with E-state index in [0.717, 1.165) is 25.9 Å². The van der Waals surface area contributed by atoms with Crippen molar-refractivity contribution in [3.05, 3.63) is 66.2 Å². The molecule has 3 N–H and O–H groups in total. The van der Waals surface area contributed by atoms with Gasteiger partial charge in [0.1, 0.15) is 0 Å². The maximum Gasteiger partial charge on any atom is 0.277 e. The second-order valence-corrected chi connectivity index (χ2v) is 6.79. The van der Waals surface area contributed by atoms with E-state index in [1.54, 1.807) is 59.7 Å². The van der Waals surface area contributed by atoms with Crippen molar-refractivity contribution in [2.75, 3.05) is 23.7 Å². The van der Waals surface area contributed by atoms with Gasteiger partial charge in [-0.3, -0.25) is 14.6 Å². The SMILES string of the molecule is O=C(Nc1cccnc1)c1ccc(NC(=O)c2cn(C3CCNCC3)nn2)cc1. The van der Waals surface area contributed by atoms with Gasteiger partial charge >= 0.3 is 0 Å². The zero-order valence-corrected chi connectivity index (χ0v) is 15.7. The van der Waals surface area contributed by atoms with Crippen LogP contribution in [0.1, 0.15) is 39.7 Å². The fourth-order valence-electron chi connectivity index (χ4n) is 3.17. The number of carbonyl (C=O) groups excluding carboxylic acids is 2. The predicted octanol–water partition coefficient (Wildman–Crippen LogP) is 2.10. The highest BCUT2D eigenvalue weighted by molar-refractivity contribution is 6.05. The standard InChI is InChI=1S/C20H21N7O2/c28-19(24-16-2-1-9-22-12-16)14-3-5-15(6-4-14)23-20(29)18-13-27(26-25-18)17-7-10-21-11-8-17/h1-6,9,12-13,17,21H,7-8,10-11H2,(H,23,29)(H,24,28). The van der Waals surface area contributed by atoms with E-state index in [-0.39, 0.29) is 23.6 Å². The molecule has 0 radical (unpaired) electrons. The number of nitrogens with one attached hydrogen (secondary N) is 3. The quantitative estimate of drug-likeness (QED) is 0.614. The van der Waals surface area contributed by atoms with Gasteiger partial charge in [0.25, 0.3) is 11.8 Å². The number of amides is 2. The number of hydrogen-bond acceptors (Lipinski definition) is 6. The molecule has 1 aliphatic rings. The molecule has 1 aromatic carbocycles. The number of nitrogens with zero attached hydrogens (tertiary/aromatic N) is 4. The maximum absolute atomic E-state index is 12.4. The van der Waals surface area contributed by atoms with Crippen molar-refractivity contribution in [3.63, 3.8) is 0 Å². The fourth-order valence-corrected chi connectivity index (χ4v) is 3.17. The van der Waals surface area contributed by atoms with E-state index < -0.39 is 0 Å². The molecule has 9 nitrogen and oxygen atoms in total. The van der Waals surface area contributed by atoms with Crippen LogP contribution in [0.15, 0.2) is 55.0 Å². The Morgan fingerprint density at radius 3 is 2.48 bits per heavy atom. The van der Waals surface area contributed by atoms with Gasteiger partial charge in [0.15, 0.2) is 5.69 Å². The summed E-state index contributed by atoms with van der Waals surface area (Å²) >= 11 is 0. The topological polar surface area (TPSA) is 114 Å². The summed E-state index contributed by atoms with van der Waals surface area (Å²) in [5.41, 5.74) is 1.93. The molecule has 9 heteroatoms. The molecule has 148 valence electrons. The molecule has 0 unspecified atom stereocenters. The molecule has 2 amide bonds. The minimum Gasteiger partial charge on any atom is -0.321 e. The van der Waals surface area contributed by atoms with Crippen molar-refractivity contribution < 1.29 is 9.59 Å². The van der Waals surface area contributed by atoms with E-state index in [1.807, 2.05) is 0 Å². The Balaban J connectivity index is 1.36. The molecule has 1 saturated heterocycles. The molecule has 4 rings (SSSR count). The van der Waals surface area contributed by atoms with Gasteiger partial charge in [-0.25, -0.2) is 4.68 Å². The second-order valence-electron chi connectivity index (χ2n) is 6.79. The van der Waals surface area contributed by atoms with Crippen LogP contribution in [0, 0.1) is 0 Å². The highest BCUT2D eigenvalue weighted by Gasteiger charge is 2.19. The number of pyridine rings is 1. The lowest BCUT2D eigenvalue weighted by Gasteiger charge is -2.22. The molecule has 0 aliphatic carbocycles. The van der Waals surface area contributed by atoms with Gasteiger partial charge in [-0.15, -0.1) is 5.10 Å². The summed E-state index contributed by atoms with van der Waals surface area (Å²) < 4.78 is 1.77. The minimum absolute atomic E-state index is 0.249. The van der Waals surface area contributed by atoms with E-state index in [2.05, 4.69) is 31.2 Å². The first kappa shape index (κ1) is 18.8. The van der Waals surface area contributed by atoms with Gasteiger partial charge in [0.2, 0.25) is 0 Å². The number of piperidine rings is 1. The summed E-state index contributed by atoms with van der Waals surface area (Å²) in [5, 5.41) is 16.9. The molecule has 3 heterocycles. The predicted molar refractivity (Wildman–Crippen MR) is 108 cm³/mol. The molecule has 3 aromatic rings. The van der Waals surface area contributed by atoms with Crippen molar-refractivity contribution >= 4 is 23.2 Å². The van der Waals surface area contributed by atoms with Crippen molar-refractivity contribution in [1.82, 2.24) is 25.3 Å². The van der Waals surface area contributed by atoms with Crippen LogP contribution in [-0.2, 0) is 0 Å². The summed E-state index contributed by atoms with van der Waals surface area (Å²) in [6.45, 7) is 1.87. The average Bonchev–Trinajstić information content (AvgIpc) is 3.26. The Kier molecular flexibility index (Phi) is 5.57. The minimum atomic E-state index is -0.335. The third-order valence-corrected chi connectivity index (χ3v) is 4.75. The van der Waals surface area contributed by atoms with Crippen LogP contribution in [0.5, 0.6) is 0 Å². The molecule has 0 saturated carbocycles. The number of rotatable bonds is 5. The van der Waals surface area contributed by atoms with Crippen molar-refractivity contribution in [3.8, 4) is 0 Å². The lowest BCUT2D eigenvalue weighted by molar-refractivity contribution is 0.101. The maximum atomic E-state index is 12.4. The van der Waals surface area contributed by atoms with Crippen molar-refractivity contribution in [2.45, 2.75) is 18.9 Å². The summed E-state index contributed by atoms with van der Waals surface area (Å²) in [7, 11) is 0. The molecule has 0 bridgehead atoms. The number of benzene rings is 1. The Hall–Kier alpha value is -3.59. The first-order chi connectivity index (χ1) is 14.2. The van der Waals surface area contributed by atoms with Crippen LogP contribution in [0.25, 0.3) is 0 Å². The van der Waals surface area contributed by atoms with Crippen LogP contribution in [-0.4, -0.2) is 44.9 Å². The van der Waals surface area contributed by atoms with Crippen LogP contribution in [0.2, 0.25) is 0 Å². The first-order valence-electron chi connectivity index (χ1n) is 9.44. The van der Waals surface area contributed by atoms with Crippen molar-refractivity contribution in [2.24, 2.45) is 0 Å². The van der Waals surface area contributed by atoms with Gasteiger partial charge in [-0.1, -0.05) is 5.21 Å². The summed E-state index contributed by atoms with van der Waals surface area (Å²) in [4.78, 5) is 28.7. The summed E-state index contributed by atoms with van der Waals surface area (Å²) in [6.07, 6.45) is 6.82. The summed E-state index contributed by atoms with van der Waals surface area (Å²) in [6, 6.07) is 10.4. The normalized spacial score (nSPS) is 14.3. The number of hydrogen-bond donors (Lipinski definition) is 3. The molecule has 0 spiro atoms. The Bertz CT molecular complexity index is 980. The van der Waals surface area contributed by atoms with Crippen LogP contribution < -0.4 is 16.0 Å². The third-order valence-electron chi connectivity index (χ3n) is 4.75. The number of anilines is 2. The monoisotopic (exact) mass is 391 g/mol. The van der Waals surface area contributed by atoms with E-state index in [1.165, 1.54) is 0 Å². The highest BCUT2D eigenvalue weighted by Crippen LogP contribution is 2.18. The lowest BCUT2D eigenvalue weighted by atomic mass is 10.1. The molecule has 29 heavy (non-hydrogen) atoms. The smallest absolute Gasteiger partial charge is 0.277 e. The van der Waals surface area contributed by atoms with E-state index >= 15 is 0 Å². The Morgan fingerprint density at radius 2 is 1.76 bits per heavy atom. The van der Waals surface area contributed by atoms with Gasteiger partial charge in [0, 0.05) is 17.4 Å². The molecular weight excluding hydrogens is 370 g/mol. The van der Waals surface area contributed by atoms with E-state index in [0.29, 0.717) is 16.9 Å². The second kappa shape index (κ2) is 8.61. The number of carbonyl (C=O) groups is 2. The lowest BCUT2D eigenvalue weighted by Crippen LogP contribution is -2.29. The molecule has 1 aliphatic heterocycles. The molecule has 2 aromatic heterocycles. The van der Waals surface area contributed by atoms with E-state index in [9.17, 15) is 9.59 Å². The number of aromatic nitrogens is 4.